The molecule has 9 heteroatoms. The molecule has 0 saturated carbocycles. The van der Waals surface area contributed by atoms with Gasteiger partial charge in [-0.25, -0.2) is 0 Å². The smallest absolute Gasteiger partial charge is 0.255 e. The van der Waals surface area contributed by atoms with E-state index in [1.54, 1.807) is 4.90 Å². The van der Waals surface area contributed by atoms with Crippen LogP contribution in [0.2, 0.25) is 0 Å². The van der Waals surface area contributed by atoms with Gasteiger partial charge in [-0.2, -0.15) is 0 Å². The van der Waals surface area contributed by atoms with Crippen LogP contribution in [-0.4, -0.2) is 78.0 Å². The summed E-state index contributed by atoms with van der Waals surface area (Å²) in [6.45, 7) is 6.05. The third kappa shape index (κ3) is 7.53. The molecule has 3 atom stereocenters. The van der Waals surface area contributed by atoms with E-state index in [0.29, 0.717) is 36.8 Å². The molecular formula is C44H48N4O5. The molecule has 2 fully saturated rings. The minimum Gasteiger partial charge on any atom is -0.508 e. The Balaban J connectivity index is 0.774. The number of ether oxygens (including phenoxy) is 1. The monoisotopic (exact) mass is 712 g/mol. The number of fused-ring (bicyclic) bond motifs is 2. The zero-order valence-electron chi connectivity index (χ0n) is 30.2. The van der Waals surface area contributed by atoms with Crippen LogP contribution in [0.4, 0.5) is 5.69 Å². The lowest BCUT2D eigenvalue weighted by atomic mass is 9.69. The standard InChI is InChI=1S/C44H48N4O5/c49-35-13-18-38-32(28-35)11-16-37(30-7-3-1-4-8-30)42(38)31-9-14-36(15-10-31)53-26-6-2-5-21-46-22-24-47(25-23-46)34-12-17-39-33(27-34)29-48(44(39)52)40-19-20-41(50)45-43(40)51/h1,3-4,7-10,12-15,17-18,27-28,37,40,42,49H,2,5-6,11,16,19-26,29H2,(H,45,50,51)/t37-,40?,42+/m1/s1. The number of amides is 3. The van der Waals surface area contributed by atoms with Gasteiger partial charge in [0.25, 0.3) is 5.91 Å². The van der Waals surface area contributed by atoms with Crippen molar-refractivity contribution in [2.24, 2.45) is 0 Å². The van der Waals surface area contributed by atoms with Crippen LogP contribution in [0.3, 0.4) is 0 Å². The summed E-state index contributed by atoms with van der Waals surface area (Å²) in [4.78, 5) is 43.6. The van der Waals surface area contributed by atoms with Gasteiger partial charge in [-0.1, -0.05) is 48.5 Å². The highest BCUT2D eigenvalue weighted by molar-refractivity contribution is 6.05. The maximum Gasteiger partial charge on any atom is 0.255 e. The lowest BCUT2D eigenvalue weighted by Gasteiger charge is -2.36. The van der Waals surface area contributed by atoms with Gasteiger partial charge >= 0.3 is 0 Å². The zero-order valence-corrected chi connectivity index (χ0v) is 30.2. The second kappa shape index (κ2) is 15.4. The predicted molar refractivity (Wildman–Crippen MR) is 204 cm³/mol. The van der Waals surface area contributed by atoms with Crippen molar-refractivity contribution in [3.05, 3.63) is 124 Å². The first kappa shape index (κ1) is 34.9. The number of nitrogens with one attached hydrogen (secondary N) is 1. The largest absolute Gasteiger partial charge is 0.508 e. The molecule has 1 unspecified atom stereocenters. The number of hydrogen-bond acceptors (Lipinski definition) is 7. The zero-order chi connectivity index (χ0) is 36.3. The van der Waals surface area contributed by atoms with Crippen LogP contribution in [0.25, 0.3) is 0 Å². The molecule has 4 aromatic rings. The predicted octanol–water partition coefficient (Wildman–Crippen LogP) is 6.39. The Morgan fingerprint density at radius 3 is 2.36 bits per heavy atom. The summed E-state index contributed by atoms with van der Waals surface area (Å²) in [6.07, 6.45) is 5.92. The van der Waals surface area contributed by atoms with Crippen LogP contribution in [0.5, 0.6) is 11.5 Å². The van der Waals surface area contributed by atoms with Gasteiger partial charge in [-0.05, 0) is 121 Å². The van der Waals surface area contributed by atoms with Gasteiger partial charge in [0.2, 0.25) is 11.8 Å². The van der Waals surface area contributed by atoms with Gasteiger partial charge in [0.1, 0.15) is 17.5 Å². The van der Waals surface area contributed by atoms with Crippen molar-refractivity contribution >= 4 is 23.4 Å². The Morgan fingerprint density at radius 2 is 1.57 bits per heavy atom. The number of piperidine rings is 1. The Kier molecular flexibility index (Phi) is 10.2. The Hall–Kier alpha value is -5.15. The van der Waals surface area contributed by atoms with Crippen LogP contribution in [0.1, 0.15) is 88.5 Å². The number of aryl methyl sites for hydroxylation is 1. The van der Waals surface area contributed by atoms with Crippen molar-refractivity contribution in [3.8, 4) is 11.5 Å². The second-order valence-electron chi connectivity index (χ2n) is 15.0. The number of imide groups is 1. The van der Waals surface area contributed by atoms with E-state index in [1.165, 1.54) is 22.3 Å². The number of piperazine rings is 1. The SMILES string of the molecule is O=C1CCC(N2Cc3cc(N4CCN(CCCCCOc5ccc([C@@H]6c7ccc(O)cc7CC[C@@H]6c6ccccc6)cc5)CC4)ccc3C2=O)C(=O)N1. The Bertz CT molecular complexity index is 1960. The van der Waals surface area contributed by atoms with Crippen molar-refractivity contribution in [3.63, 3.8) is 0 Å². The van der Waals surface area contributed by atoms with E-state index in [0.717, 1.165) is 81.8 Å². The van der Waals surface area contributed by atoms with Crippen molar-refractivity contribution in [2.45, 2.75) is 69.4 Å². The van der Waals surface area contributed by atoms with Crippen LogP contribution in [0, 0.1) is 0 Å². The molecule has 53 heavy (non-hydrogen) atoms. The summed E-state index contributed by atoms with van der Waals surface area (Å²) in [7, 11) is 0. The molecule has 1 aliphatic carbocycles. The summed E-state index contributed by atoms with van der Waals surface area (Å²) in [5, 5.41) is 12.5. The number of phenols is 1. The highest BCUT2D eigenvalue weighted by atomic mass is 16.5. The number of nitrogens with zero attached hydrogens (tertiary/aromatic N) is 3. The minimum atomic E-state index is -0.588. The van der Waals surface area contributed by atoms with Gasteiger partial charge in [0.05, 0.1) is 6.61 Å². The van der Waals surface area contributed by atoms with Crippen LogP contribution in [-0.2, 0) is 22.6 Å². The molecule has 4 aliphatic rings. The van der Waals surface area contributed by atoms with Gasteiger partial charge in [-0.15, -0.1) is 0 Å². The quantitative estimate of drug-likeness (QED) is 0.137. The number of carbonyl (C=O) groups excluding carboxylic acids is 3. The molecule has 4 aromatic carbocycles. The van der Waals surface area contributed by atoms with Crippen molar-refractivity contribution in [2.75, 3.05) is 44.2 Å². The lowest BCUT2D eigenvalue weighted by molar-refractivity contribution is -0.136. The van der Waals surface area contributed by atoms with E-state index in [1.807, 2.05) is 24.3 Å². The molecule has 8 rings (SSSR count). The molecule has 3 heterocycles. The number of hydrogen-bond donors (Lipinski definition) is 2. The third-order valence-corrected chi connectivity index (χ3v) is 11.7. The van der Waals surface area contributed by atoms with Crippen molar-refractivity contribution < 1.29 is 24.2 Å². The van der Waals surface area contributed by atoms with E-state index < -0.39 is 6.04 Å². The molecule has 2 N–H and O–H groups in total. The number of benzene rings is 4. The highest BCUT2D eigenvalue weighted by Gasteiger charge is 2.39. The van der Waals surface area contributed by atoms with Crippen molar-refractivity contribution in [1.29, 1.82) is 0 Å². The van der Waals surface area contributed by atoms with Gasteiger partial charge < -0.3 is 19.6 Å². The number of anilines is 1. The summed E-state index contributed by atoms with van der Waals surface area (Å²) < 4.78 is 6.18. The highest BCUT2D eigenvalue weighted by Crippen LogP contribution is 2.47. The maximum atomic E-state index is 13.1. The van der Waals surface area contributed by atoms with E-state index >= 15 is 0 Å². The minimum absolute atomic E-state index is 0.129. The van der Waals surface area contributed by atoms with Crippen molar-refractivity contribution in [1.82, 2.24) is 15.1 Å². The molecule has 0 aromatic heterocycles. The van der Waals surface area contributed by atoms with Crippen LogP contribution < -0.4 is 15.0 Å². The lowest BCUT2D eigenvalue weighted by Crippen LogP contribution is -2.52. The van der Waals surface area contributed by atoms with Gasteiger partial charge in [0.15, 0.2) is 0 Å². The third-order valence-electron chi connectivity index (χ3n) is 11.7. The van der Waals surface area contributed by atoms with E-state index in [4.69, 9.17) is 4.74 Å². The first-order chi connectivity index (χ1) is 25.9. The number of unbranched alkanes of at least 4 members (excludes halogenated alkanes) is 2. The first-order valence-electron chi connectivity index (χ1n) is 19.3. The molecule has 0 bridgehead atoms. The molecule has 0 spiro atoms. The molecule has 274 valence electrons. The topological polar surface area (TPSA) is 102 Å². The van der Waals surface area contributed by atoms with Gasteiger partial charge in [0, 0.05) is 56.3 Å². The summed E-state index contributed by atoms with van der Waals surface area (Å²) in [5.41, 5.74) is 7.90. The molecule has 2 saturated heterocycles. The number of carbonyl (C=O) groups is 3. The van der Waals surface area contributed by atoms with E-state index in [-0.39, 0.29) is 30.1 Å². The summed E-state index contributed by atoms with van der Waals surface area (Å²) in [5.74, 6) is 1.08. The first-order valence-corrected chi connectivity index (χ1v) is 19.3. The fourth-order valence-electron chi connectivity index (χ4n) is 8.84. The molecule has 3 amide bonds. The maximum absolute atomic E-state index is 13.1. The molecular weight excluding hydrogens is 665 g/mol. The second-order valence-corrected chi connectivity index (χ2v) is 15.0. The number of rotatable bonds is 11. The molecule has 9 nitrogen and oxygen atoms in total. The fraction of sp³-hybridized carbons (Fsp3) is 0.386. The fourth-order valence-corrected chi connectivity index (χ4v) is 8.84. The molecule has 3 aliphatic heterocycles. The average Bonchev–Trinajstić information content (AvgIpc) is 3.51. The van der Waals surface area contributed by atoms with E-state index in [9.17, 15) is 19.5 Å². The normalized spacial score (nSPS) is 21.7. The van der Waals surface area contributed by atoms with E-state index in [2.05, 4.69) is 81.8 Å². The Labute approximate surface area is 311 Å². The number of phenolic OH excluding ortho intramolecular Hbond substituents is 1. The molecule has 0 radical (unpaired) electrons. The summed E-state index contributed by atoms with van der Waals surface area (Å²) >= 11 is 0. The number of aromatic hydroxyl groups is 1. The summed E-state index contributed by atoms with van der Waals surface area (Å²) in [6, 6.07) is 30.8. The average molecular weight is 713 g/mol. The van der Waals surface area contributed by atoms with Crippen LogP contribution in [0.15, 0.2) is 91.0 Å². The Morgan fingerprint density at radius 1 is 0.755 bits per heavy atom. The van der Waals surface area contributed by atoms with Crippen LogP contribution >= 0.6 is 0 Å². The van der Waals surface area contributed by atoms with Gasteiger partial charge in [-0.3, -0.25) is 24.6 Å².